The molecule has 0 fully saturated rings. The molecule has 132 valence electrons. The van der Waals surface area contributed by atoms with Gasteiger partial charge in [0.25, 0.3) is 11.6 Å². The van der Waals surface area contributed by atoms with Crippen LogP contribution >= 0.6 is 11.6 Å². The second-order valence-corrected chi connectivity index (χ2v) is 5.51. The van der Waals surface area contributed by atoms with E-state index in [0.717, 1.165) is 11.6 Å². The van der Waals surface area contributed by atoms with Crippen molar-refractivity contribution < 1.29 is 19.2 Å². The van der Waals surface area contributed by atoms with E-state index >= 15 is 0 Å². The van der Waals surface area contributed by atoms with Crippen LogP contribution in [0.4, 0.5) is 5.69 Å². The van der Waals surface area contributed by atoms with Gasteiger partial charge in [0, 0.05) is 30.8 Å². The second-order valence-electron chi connectivity index (χ2n) is 5.10. The third-order valence-electron chi connectivity index (χ3n) is 3.62. The van der Waals surface area contributed by atoms with Gasteiger partial charge in [-0.3, -0.25) is 14.9 Å². The molecule has 0 spiro atoms. The number of benzene rings is 2. The molecule has 7 nitrogen and oxygen atoms in total. The van der Waals surface area contributed by atoms with E-state index in [1.807, 2.05) is 18.2 Å². The molecule has 1 N–H and O–H groups in total. The highest BCUT2D eigenvalue weighted by Crippen LogP contribution is 2.27. The van der Waals surface area contributed by atoms with Gasteiger partial charge in [0.05, 0.1) is 12.0 Å². The summed E-state index contributed by atoms with van der Waals surface area (Å²) in [5, 5.41) is 13.6. The van der Waals surface area contributed by atoms with Gasteiger partial charge in [0.2, 0.25) is 0 Å². The highest BCUT2D eigenvalue weighted by atomic mass is 35.5. The zero-order valence-electron chi connectivity index (χ0n) is 13.7. The largest absolute Gasteiger partial charge is 0.496 e. The standard InChI is InChI=1S/C17H17ClN2O5/c1-24-15-6-4-3-5-12(15)16(25-2)10-19-17(21)11-7-8-13(18)14(9-11)20(22)23/h3-9,16H,10H2,1-2H3,(H,19,21). The summed E-state index contributed by atoms with van der Waals surface area (Å²) in [6.07, 6.45) is -0.428. The number of halogens is 1. The maximum absolute atomic E-state index is 12.3. The van der Waals surface area contributed by atoms with E-state index in [1.165, 1.54) is 19.2 Å². The van der Waals surface area contributed by atoms with Crippen LogP contribution in [0.3, 0.4) is 0 Å². The predicted octanol–water partition coefficient (Wildman–Crippen LogP) is 3.37. The normalized spacial score (nSPS) is 11.6. The first-order valence-corrected chi connectivity index (χ1v) is 7.73. The summed E-state index contributed by atoms with van der Waals surface area (Å²) in [5.74, 6) is 0.183. The van der Waals surface area contributed by atoms with E-state index in [9.17, 15) is 14.9 Å². The molecule has 1 amide bonds. The van der Waals surface area contributed by atoms with E-state index < -0.39 is 16.9 Å². The van der Waals surface area contributed by atoms with Crippen LogP contribution in [0.5, 0.6) is 5.75 Å². The number of carbonyl (C=O) groups is 1. The van der Waals surface area contributed by atoms with Crippen molar-refractivity contribution in [2.45, 2.75) is 6.10 Å². The first kappa shape index (κ1) is 18.7. The van der Waals surface area contributed by atoms with Crippen molar-refractivity contribution in [3.8, 4) is 5.75 Å². The maximum atomic E-state index is 12.3. The molecule has 0 saturated heterocycles. The van der Waals surface area contributed by atoms with Gasteiger partial charge in [-0.1, -0.05) is 29.8 Å². The molecule has 0 saturated carbocycles. The number of amides is 1. The molecule has 0 aliphatic carbocycles. The lowest BCUT2D eigenvalue weighted by molar-refractivity contribution is -0.384. The molecule has 25 heavy (non-hydrogen) atoms. The molecule has 0 aromatic heterocycles. The summed E-state index contributed by atoms with van der Waals surface area (Å²) >= 11 is 5.75. The number of para-hydroxylation sites is 1. The van der Waals surface area contributed by atoms with Crippen molar-refractivity contribution in [2.24, 2.45) is 0 Å². The lowest BCUT2D eigenvalue weighted by atomic mass is 10.1. The lowest BCUT2D eigenvalue weighted by Gasteiger charge is -2.19. The fourth-order valence-corrected chi connectivity index (χ4v) is 2.52. The zero-order chi connectivity index (χ0) is 18.4. The minimum absolute atomic E-state index is 0.0228. The Hall–Kier alpha value is -2.64. The number of hydrogen-bond donors (Lipinski definition) is 1. The molecular formula is C17H17ClN2O5. The van der Waals surface area contributed by atoms with Crippen LogP contribution in [-0.4, -0.2) is 31.6 Å². The number of nitrogens with one attached hydrogen (secondary N) is 1. The molecule has 1 unspecified atom stereocenters. The number of ether oxygens (including phenoxy) is 2. The minimum atomic E-state index is -0.633. The van der Waals surface area contributed by atoms with Crippen LogP contribution in [0.2, 0.25) is 5.02 Å². The number of nitrogens with zero attached hydrogens (tertiary/aromatic N) is 1. The molecule has 1 atom stereocenters. The molecule has 0 heterocycles. The summed E-state index contributed by atoms with van der Waals surface area (Å²) in [4.78, 5) is 22.6. The Morgan fingerprint density at radius 1 is 1.28 bits per heavy atom. The third kappa shape index (κ3) is 4.46. The van der Waals surface area contributed by atoms with Crippen molar-refractivity contribution in [2.75, 3.05) is 20.8 Å². The number of rotatable bonds is 7. The third-order valence-corrected chi connectivity index (χ3v) is 3.94. The van der Waals surface area contributed by atoms with Crippen molar-refractivity contribution in [1.82, 2.24) is 5.32 Å². The van der Waals surface area contributed by atoms with Crippen LogP contribution in [0.25, 0.3) is 0 Å². The average Bonchev–Trinajstić information content (AvgIpc) is 2.62. The SMILES string of the molecule is COc1ccccc1C(CNC(=O)c1ccc(Cl)c([N+](=O)[O-])c1)OC. The van der Waals surface area contributed by atoms with Crippen LogP contribution in [0.1, 0.15) is 22.0 Å². The molecule has 0 aliphatic heterocycles. The van der Waals surface area contributed by atoms with E-state index in [-0.39, 0.29) is 22.8 Å². The predicted molar refractivity (Wildman–Crippen MR) is 93.2 cm³/mol. The zero-order valence-corrected chi connectivity index (χ0v) is 14.4. The van der Waals surface area contributed by atoms with Crippen molar-refractivity contribution in [3.63, 3.8) is 0 Å². The van der Waals surface area contributed by atoms with Gasteiger partial charge in [0.1, 0.15) is 16.9 Å². The molecular weight excluding hydrogens is 348 g/mol. The summed E-state index contributed by atoms with van der Waals surface area (Å²) in [7, 11) is 3.08. The van der Waals surface area contributed by atoms with Crippen LogP contribution in [-0.2, 0) is 4.74 Å². The van der Waals surface area contributed by atoms with Gasteiger partial charge in [-0.25, -0.2) is 0 Å². The summed E-state index contributed by atoms with van der Waals surface area (Å²) in [6, 6.07) is 11.2. The fourth-order valence-electron chi connectivity index (χ4n) is 2.33. The number of nitro groups is 1. The highest BCUT2D eigenvalue weighted by Gasteiger charge is 2.19. The molecule has 0 aliphatic rings. The fraction of sp³-hybridized carbons (Fsp3) is 0.235. The first-order valence-electron chi connectivity index (χ1n) is 7.35. The highest BCUT2D eigenvalue weighted by molar-refractivity contribution is 6.32. The molecule has 8 heteroatoms. The summed E-state index contributed by atoms with van der Waals surface area (Å²) in [5.41, 5.74) is 0.614. The number of nitro benzene ring substituents is 1. The van der Waals surface area contributed by atoms with E-state index in [1.54, 1.807) is 13.2 Å². The van der Waals surface area contributed by atoms with Gasteiger partial charge in [-0.15, -0.1) is 0 Å². The minimum Gasteiger partial charge on any atom is -0.496 e. The molecule has 0 radical (unpaired) electrons. The Kier molecular flexibility index (Phi) is 6.32. The number of methoxy groups -OCH3 is 2. The quantitative estimate of drug-likeness (QED) is 0.600. The Morgan fingerprint density at radius 3 is 2.64 bits per heavy atom. The molecule has 2 rings (SSSR count). The molecule has 0 bridgehead atoms. The second kappa shape index (κ2) is 8.46. The van der Waals surface area contributed by atoms with Crippen molar-refractivity contribution in [1.29, 1.82) is 0 Å². The maximum Gasteiger partial charge on any atom is 0.288 e. The average molecular weight is 365 g/mol. The Labute approximate surface area is 149 Å². The van der Waals surface area contributed by atoms with Crippen molar-refractivity contribution >= 4 is 23.2 Å². The van der Waals surface area contributed by atoms with Crippen LogP contribution in [0, 0.1) is 10.1 Å². The Balaban J connectivity index is 2.13. The number of carbonyl (C=O) groups excluding carboxylic acids is 1. The van der Waals surface area contributed by atoms with E-state index in [2.05, 4.69) is 5.32 Å². The molecule has 2 aromatic carbocycles. The Bertz CT molecular complexity index is 781. The topological polar surface area (TPSA) is 90.7 Å². The molecule has 2 aromatic rings. The van der Waals surface area contributed by atoms with Gasteiger partial charge in [0.15, 0.2) is 0 Å². The first-order chi connectivity index (χ1) is 12.0. The smallest absolute Gasteiger partial charge is 0.288 e. The van der Waals surface area contributed by atoms with Gasteiger partial charge >= 0.3 is 0 Å². The Morgan fingerprint density at radius 2 is 2.00 bits per heavy atom. The van der Waals surface area contributed by atoms with Gasteiger partial charge < -0.3 is 14.8 Å². The van der Waals surface area contributed by atoms with Crippen LogP contribution < -0.4 is 10.1 Å². The lowest BCUT2D eigenvalue weighted by Crippen LogP contribution is -2.29. The van der Waals surface area contributed by atoms with E-state index in [4.69, 9.17) is 21.1 Å². The monoisotopic (exact) mass is 364 g/mol. The summed E-state index contributed by atoms with van der Waals surface area (Å²) in [6.45, 7) is 0.173. The van der Waals surface area contributed by atoms with Crippen molar-refractivity contribution in [3.05, 3.63) is 68.7 Å². The number of hydrogen-bond acceptors (Lipinski definition) is 5. The van der Waals surface area contributed by atoms with Crippen LogP contribution in [0.15, 0.2) is 42.5 Å². The summed E-state index contributed by atoms with van der Waals surface area (Å²) < 4.78 is 10.7. The van der Waals surface area contributed by atoms with Gasteiger partial charge in [-0.05, 0) is 18.2 Å². The van der Waals surface area contributed by atoms with Gasteiger partial charge in [-0.2, -0.15) is 0 Å². The van der Waals surface area contributed by atoms with E-state index in [0.29, 0.717) is 5.75 Å².